The molecule has 0 amide bonds. The summed E-state index contributed by atoms with van der Waals surface area (Å²) in [7, 11) is 0. The molecule has 0 saturated carbocycles. The highest BCUT2D eigenvalue weighted by Gasteiger charge is 2.31. The van der Waals surface area contributed by atoms with Gasteiger partial charge in [-0.3, -0.25) is 9.59 Å². The van der Waals surface area contributed by atoms with Crippen LogP contribution < -0.4 is 14.2 Å². The maximum absolute atomic E-state index is 12.5. The van der Waals surface area contributed by atoms with Crippen LogP contribution in [0.15, 0.2) is 42.5 Å². The number of rotatable bonds is 3. The second-order valence-corrected chi connectivity index (χ2v) is 5.35. The van der Waals surface area contributed by atoms with Gasteiger partial charge in [-0.25, -0.2) is 0 Å². The molecule has 0 N–H and O–H groups in total. The van der Waals surface area contributed by atoms with E-state index in [1.54, 1.807) is 12.1 Å². The topological polar surface area (TPSA) is 61.8 Å². The van der Waals surface area contributed by atoms with E-state index in [0.717, 1.165) is 5.56 Å². The predicted molar refractivity (Wildman–Crippen MR) is 83.2 cm³/mol. The Morgan fingerprint density at radius 2 is 1.83 bits per heavy atom. The van der Waals surface area contributed by atoms with Crippen molar-refractivity contribution in [1.29, 1.82) is 0 Å². The Kier molecular flexibility index (Phi) is 4.02. The number of benzene rings is 2. The van der Waals surface area contributed by atoms with Crippen molar-refractivity contribution < 1.29 is 23.8 Å². The minimum atomic E-state index is -0.690. The lowest BCUT2D eigenvalue weighted by Gasteiger charge is -2.25. The molecule has 0 radical (unpaired) electrons. The Bertz CT molecular complexity index is 749. The van der Waals surface area contributed by atoms with Crippen LogP contribution in [0.4, 0.5) is 0 Å². The maximum Gasteiger partial charge on any atom is 0.308 e. The highest BCUT2D eigenvalue weighted by atomic mass is 16.5. The summed E-state index contributed by atoms with van der Waals surface area (Å²) in [6, 6.07) is 12.2. The Morgan fingerprint density at radius 1 is 1.13 bits per heavy atom. The number of esters is 1. The third-order valence-corrected chi connectivity index (χ3v) is 3.46. The monoisotopic (exact) mass is 312 g/mol. The van der Waals surface area contributed by atoms with Crippen LogP contribution in [0.2, 0.25) is 0 Å². The second-order valence-electron chi connectivity index (χ2n) is 5.35. The van der Waals surface area contributed by atoms with Crippen molar-refractivity contribution in [3.05, 3.63) is 53.6 Å². The van der Waals surface area contributed by atoms with Gasteiger partial charge >= 0.3 is 5.97 Å². The van der Waals surface area contributed by atoms with E-state index in [4.69, 9.17) is 14.2 Å². The molecule has 0 bridgehead atoms. The minimum absolute atomic E-state index is 0.114. The van der Waals surface area contributed by atoms with Crippen LogP contribution >= 0.6 is 0 Å². The molecule has 1 aliphatic rings. The molecule has 0 saturated heterocycles. The Labute approximate surface area is 133 Å². The van der Waals surface area contributed by atoms with E-state index in [1.165, 1.54) is 13.0 Å². The van der Waals surface area contributed by atoms with Crippen molar-refractivity contribution in [3.63, 3.8) is 0 Å². The molecule has 1 aliphatic heterocycles. The molecule has 1 unspecified atom stereocenters. The summed E-state index contributed by atoms with van der Waals surface area (Å²) < 4.78 is 16.3. The maximum atomic E-state index is 12.5. The van der Waals surface area contributed by atoms with E-state index in [2.05, 4.69) is 0 Å². The molecular formula is C18H16O5. The van der Waals surface area contributed by atoms with Crippen molar-refractivity contribution in [1.82, 2.24) is 0 Å². The normalized spacial score (nSPS) is 16.3. The molecule has 3 rings (SSSR count). The molecule has 1 heterocycles. The summed E-state index contributed by atoms with van der Waals surface area (Å²) in [4.78, 5) is 23.5. The summed E-state index contributed by atoms with van der Waals surface area (Å²) in [5.74, 6) is 0.797. The Balaban J connectivity index is 1.78. The van der Waals surface area contributed by atoms with Gasteiger partial charge in [0.2, 0.25) is 5.78 Å². The van der Waals surface area contributed by atoms with Gasteiger partial charge in [0.25, 0.3) is 0 Å². The van der Waals surface area contributed by atoms with E-state index in [9.17, 15) is 9.59 Å². The van der Waals surface area contributed by atoms with Crippen molar-refractivity contribution in [3.8, 4) is 17.2 Å². The molecule has 118 valence electrons. The van der Waals surface area contributed by atoms with Gasteiger partial charge in [0, 0.05) is 13.0 Å². The smallest absolute Gasteiger partial charge is 0.308 e. The summed E-state index contributed by atoms with van der Waals surface area (Å²) in [6.07, 6.45) is -0.690. The third-order valence-electron chi connectivity index (χ3n) is 3.46. The van der Waals surface area contributed by atoms with Crippen LogP contribution in [0.25, 0.3) is 0 Å². The number of ether oxygens (including phenoxy) is 3. The van der Waals surface area contributed by atoms with E-state index < -0.39 is 12.1 Å². The quantitative estimate of drug-likeness (QED) is 0.644. The van der Waals surface area contributed by atoms with E-state index >= 15 is 0 Å². The zero-order valence-corrected chi connectivity index (χ0v) is 12.9. The van der Waals surface area contributed by atoms with Gasteiger partial charge in [-0.15, -0.1) is 0 Å². The number of Topliss-reactive ketones (excluding diaryl/α,β-unsaturated/α-hetero) is 1. The average Bonchev–Trinajstić information content (AvgIpc) is 2.51. The van der Waals surface area contributed by atoms with Crippen LogP contribution in [0.1, 0.15) is 22.8 Å². The van der Waals surface area contributed by atoms with Gasteiger partial charge in [0.05, 0.1) is 5.56 Å². The molecule has 23 heavy (non-hydrogen) atoms. The van der Waals surface area contributed by atoms with Crippen LogP contribution in [0.5, 0.6) is 17.2 Å². The lowest BCUT2D eigenvalue weighted by molar-refractivity contribution is -0.131. The number of ketones is 1. The summed E-state index contributed by atoms with van der Waals surface area (Å²) in [6.45, 7) is 3.41. The first-order valence-electron chi connectivity index (χ1n) is 7.26. The number of hydrogen-bond acceptors (Lipinski definition) is 5. The number of carbonyl (C=O) groups is 2. The lowest BCUT2D eigenvalue weighted by atomic mass is 10.0. The first-order chi connectivity index (χ1) is 11.0. The highest BCUT2D eigenvalue weighted by molar-refractivity contribution is 6.03. The standard InChI is InChI=1S/C18H16O5/c1-11-3-5-13(6-4-11)23-17-10-21-16-9-14(22-12(2)19)7-8-15(16)18(17)20/h3-9,17H,10H2,1-2H3. The summed E-state index contributed by atoms with van der Waals surface area (Å²) in [5.41, 5.74) is 1.54. The highest BCUT2D eigenvalue weighted by Crippen LogP contribution is 2.30. The second kappa shape index (κ2) is 6.12. The third kappa shape index (κ3) is 3.34. The number of fused-ring (bicyclic) bond motifs is 1. The molecule has 0 fully saturated rings. The molecule has 0 aliphatic carbocycles. The van der Waals surface area contributed by atoms with Crippen molar-refractivity contribution in [2.75, 3.05) is 6.61 Å². The van der Waals surface area contributed by atoms with Crippen molar-refractivity contribution in [2.45, 2.75) is 20.0 Å². The van der Waals surface area contributed by atoms with Gasteiger partial charge < -0.3 is 14.2 Å². The number of aryl methyl sites for hydroxylation is 1. The zero-order valence-electron chi connectivity index (χ0n) is 12.9. The van der Waals surface area contributed by atoms with Crippen molar-refractivity contribution in [2.24, 2.45) is 0 Å². The fourth-order valence-electron chi connectivity index (χ4n) is 2.34. The minimum Gasteiger partial charge on any atom is -0.488 e. The number of carbonyl (C=O) groups excluding carboxylic acids is 2. The zero-order chi connectivity index (χ0) is 16.4. The first-order valence-corrected chi connectivity index (χ1v) is 7.26. The molecule has 2 aromatic carbocycles. The van der Waals surface area contributed by atoms with Gasteiger partial charge in [0.1, 0.15) is 23.9 Å². The fraction of sp³-hybridized carbons (Fsp3) is 0.222. The van der Waals surface area contributed by atoms with Gasteiger partial charge in [0.15, 0.2) is 6.10 Å². The van der Waals surface area contributed by atoms with Crippen LogP contribution in [0, 0.1) is 6.92 Å². The average molecular weight is 312 g/mol. The molecule has 1 atom stereocenters. The van der Waals surface area contributed by atoms with Crippen molar-refractivity contribution >= 4 is 11.8 Å². The molecule has 0 spiro atoms. The Morgan fingerprint density at radius 3 is 2.52 bits per heavy atom. The summed E-state index contributed by atoms with van der Waals surface area (Å²) in [5, 5.41) is 0. The lowest BCUT2D eigenvalue weighted by Crippen LogP contribution is -2.37. The predicted octanol–water partition coefficient (Wildman–Crippen LogP) is 2.94. The van der Waals surface area contributed by atoms with E-state index in [1.807, 2.05) is 31.2 Å². The molecule has 5 nitrogen and oxygen atoms in total. The van der Waals surface area contributed by atoms with Crippen LogP contribution in [-0.4, -0.2) is 24.5 Å². The SMILES string of the molecule is CC(=O)Oc1ccc2c(c1)OCC(Oc1ccc(C)cc1)C2=O. The van der Waals surface area contributed by atoms with Gasteiger partial charge in [-0.2, -0.15) is 0 Å². The van der Waals surface area contributed by atoms with Gasteiger partial charge in [-0.05, 0) is 31.2 Å². The molecule has 2 aromatic rings. The van der Waals surface area contributed by atoms with E-state index in [0.29, 0.717) is 22.8 Å². The van der Waals surface area contributed by atoms with Crippen LogP contribution in [-0.2, 0) is 4.79 Å². The van der Waals surface area contributed by atoms with Gasteiger partial charge in [-0.1, -0.05) is 17.7 Å². The molecular weight excluding hydrogens is 296 g/mol. The van der Waals surface area contributed by atoms with E-state index in [-0.39, 0.29) is 12.4 Å². The Hall–Kier alpha value is -2.82. The molecule has 0 aromatic heterocycles. The fourth-order valence-corrected chi connectivity index (χ4v) is 2.34. The largest absolute Gasteiger partial charge is 0.488 e. The number of hydrogen-bond donors (Lipinski definition) is 0. The van der Waals surface area contributed by atoms with Crippen LogP contribution in [0.3, 0.4) is 0 Å². The molecule has 5 heteroatoms. The first kappa shape index (κ1) is 15.1. The summed E-state index contributed by atoms with van der Waals surface area (Å²) >= 11 is 0.